The number of carbonyl (C=O) groups excluding carboxylic acids is 1. The highest BCUT2D eigenvalue weighted by atomic mass is 16.5. The fourth-order valence-corrected chi connectivity index (χ4v) is 1.94. The van der Waals surface area contributed by atoms with Gasteiger partial charge in [0, 0.05) is 6.42 Å². The highest BCUT2D eigenvalue weighted by Crippen LogP contribution is 2.12. The van der Waals surface area contributed by atoms with E-state index in [9.17, 15) is 4.79 Å². The summed E-state index contributed by atoms with van der Waals surface area (Å²) in [6, 6.07) is 9.25. The van der Waals surface area contributed by atoms with Gasteiger partial charge in [0.1, 0.15) is 5.75 Å². The average Bonchev–Trinajstić information content (AvgIpc) is 2.43. The summed E-state index contributed by atoms with van der Waals surface area (Å²) in [7, 11) is 0. The second-order valence-electron chi connectivity index (χ2n) is 4.74. The quantitative estimate of drug-likeness (QED) is 0.259. The van der Waals surface area contributed by atoms with E-state index < -0.39 is 0 Å². The summed E-state index contributed by atoms with van der Waals surface area (Å²) in [4.78, 5) is 11.6. The van der Waals surface area contributed by atoms with Gasteiger partial charge in [-0.15, -0.1) is 6.58 Å². The summed E-state index contributed by atoms with van der Waals surface area (Å²) in [5, 5.41) is 0. The molecule has 0 aromatic heterocycles. The smallest absolute Gasteiger partial charge is 0.311 e. The van der Waals surface area contributed by atoms with Crippen molar-refractivity contribution in [2.75, 3.05) is 0 Å². The van der Waals surface area contributed by atoms with Crippen molar-refractivity contribution in [2.45, 2.75) is 51.4 Å². The molecule has 0 bridgehead atoms. The van der Waals surface area contributed by atoms with Crippen molar-refractivity contribution in [3.8, 4) is 5.75 Å². The van der Waals surface area contributed by atoms with E-state index in [1.54, 1.807) is 12.1 Å². The van der Waals surface area contributed by atoms with Crippen molar-refractivity contribution in [3.63, 3.8) is 0 Å². The Kier molecular flexibility index (Phi) is 8.45. The van der Waals surface area contributed by atoms with Crippen molar-refractivity contribution in [1.29, 1.82) is 0 Å². The minimum Gasteiger partial charge on any atom is -0.427 e. The van der Waals surface area contributed by atoms with E-state index in [-0.39, 0.29) is 5.97 Å². The van der Waals surface area contributed by atoms with Crippen molar-refractivity contribution in [1.82, 2.24) is 0 Å². The van der Waals surface area contributed by atoms with Crippen LogP contribution < -0.4 is 4.74 Å². The lowest BCUT2D eigenvalue weighted by atomic mass is 10.1. The van der Waals surface area contributed by atoms with Crippen LogP contribution in [-0.2, 0) is 4.79 Å². The van der Waals surface area contributed by atoms with Crippen LogP contribution in [0.25, 0.3) is 0 Å². The number of para-hydroxylation sites is 1. The maximum Gasteiger partial charge on any atom is 0.311 e. The van der Waals surface area contributed by atoms with E-state index in [0.717, 1.165) is 19.3 Å². The number of carbonyl (C=O) groups is 1. The van der Waals surface area contributed by atoms with Gasteiger partial charge in [-0.05, 0) is 31.4 Å². The van der Waals surface area contributed by atoms with Crippen LogP contribution >= 0.6 is 0 Å². The summed E-state index contributed by atoms with van der Waals surface area (Å²) in [5.41, 5.74) is 0. The largest absolute Gasteiger partial charge is 0.427 e. The van der Waals surface area contributed by atoms with Gasteiger partial charge < -0.3 is 4.74 Å². The molecule has 0 amide bonds. The first kappa shape index (κ1) is 15.5. The second-order valence-corrected chi connectivity index (χ2v) is 4.74. The molecule has 1 aromatic rings. The zero-order valence-electron chi connectivity index (χ0n) is 11.6. The number of hydrogen-bond acceptors (Lipinski definition) is 2. The standard InChI is InChI=1S/C17H24O2/c1-2-3-4-5-6-7-8-12-15-17(18)19-16-13-10-9-11-14-16/h2,9-11,13-14H,1,3-8,12,15H2. The van der Waals surface area contributed by atoms with Crippen molar-refractivity contribution < 1.29 is 9.53 Å². The Morgan fingerprint density at radius 2 is 1.63 bits per heavy atom. The molecule has 2 heteroatoms. The highest BCUT2D eigenvalue weighted by molar-refractivity contribution is 5.72. The Labute approximate surface area is 116 Å². The van der Waals surface area contributed by atoms with Crippen LogP contribution in [0, 0.1) is 0 Å². The third-order valence-corrected chi connectivity index (χ3v) is 3.01. The van der Waals surface area contributed by atoms with Gasteiger partial charge in [0.15, 0.2) is 0 Å². The Hall–Kier alpha value is -1.57. The fraction of sp³-hybridized carbons (Fsp3) is 0.471. The minimum absolute atomic E-state index is 0.127. The van der Waals surface area contributed by atoms with E-state index in [1.165, 1.54) is 25.7 Å². The van der Waals surface area contributed by atoms with Gasteiger partial charge in [-0.25, -0.2) is 0 Å². The van der Waals surface area contributed by atoms with Crippen LogP contribution in [-0.4, -0.2) is 5.97 Å². The molecule has 19 heavy (non-hydrogen) atoms. The van der Waals surface area contributed by atoms with Gasteiger partial charge in [0.2, 0.25) is 0 Å². The van der Waals surface area contributed by atoms with Crippen LogP contribution in [0.2, 0.25) is 0 Å². The number of rotatable bonds is 10. The third kappa shape index (κ3) is 8.20. The van der Waals surface area contributed by atoms with Crippen molar-refractivity contribution >= 4 is 5.97 Å². The number of benzene rings is 1. The normalized spacial score (nSPS) is 10.1. The predicted molar refractivity (Wildman–Crippen MR) is 79.2 cm³/mol. The lowest BCUT2D eigenvalue weighted by molar-refractivity contribution is -0.134. The second kappa shape index (κ2) is 10.4. The first-order valence-corrected chi connectivity index (χ1v) is 7.19. The fourth-order valence-electron chi connectivity index (χ4n) is 1.94. The Morgan fingerprint density at radius 3 is 2.32 bits per heavy atom. The molecule has 104 valence electrons. The topological polar surface area (TPSA) is 26.3 Å². The molecule has 0 aliphatic carbocycles. The van der Waals surface area contributed by atoms with Gasteiger partial charge in [0.25, 0.3) is 0 Å². The summed E-state index contributed by atoms with van der Waals surface area (Å²) in [6.45, 7) is 3.71. The molecule has 0 saturated heterocycles. The summed E-state index contributed by atoms with van der Waals surface area (Å²) in [5.74, 6) is 0.509. The molecule has 0 unspecified atom stereocenters. The van der Waals surface area contributed by atoms with Gasteiger partial charge >= 0.3 is 5.97 Å². The summed E-state index contributed by atoms with van der Waals surface area (Å²) in [6.07, 6.45) is 10.6. The molecule has 0 heterocycles. The zero-order chi connectivity index (χ0) is 13.8. The molecular weight excluding hydrogens is 236 g/mol. The first-order valence-electron chi connectivity index (χ1n) is 7.19. The predicted octanol–water partition coefficient (Wildman–Crippen LogP) is 4.90. The summed E-state index contributed by atoms with van der Waals surface area (Å²) < 4.78 is 5.22. The number of esters is 1. The molecule has 1 rings (SSSR count). The van der Waals surface area contributed by atoms with Crippen LogP contribution in [0.15, 0.2) is 43.0 Å². The Balaban J connectivity index is 1.97. The lowest BCUT2D eigenvalue weighted by Crippen LogP contribution is -2.07. The highest BCUT2D eigenvalue weighted by Gasteiger charge is 2.03. The van der Waals surface area contributed by atoms with Gasteiger partial charge in [-0.1, -0.05) is 50.0 Å². The molecule has 0 spiro atoms. The van der Waals surface area contributed by atoms with Crippen molar-refractivity contribution in [2.24, 2.45) is 0 Å². The van der Waals surface area contributed by atoms with Crippen molar-refractivity contribution in [3.05, 3.63) is 43.0 Å². The maximum absolute atomic E-state index is 11.6. The third-order valence-electron chi connectivity index (χ3n) is 3.01. The molecule has 0 radical (unpaired) electrons. The van der Waals surface area contributed by atoms with E-state index in [2.05, 4.69) is 6.58 Å². The molecule has 0 saturated carbocycles. The monoisotopic (exact) mass is 260 g/mol. The minimum atomic E-state index is -0.127. The van der Waals surface area contributed by atoms with Gasteiger partial charge in [0.05, 0.1) is 0 Å². The maximum atomic E-state index is 11.6. The average molecular weight is 260 g/mol. The van der Waals surface area contributed by atoms with Gasteiger partial charge in [-0.2, -0.15) is 0 Å². The Bertz CT molecular complexity index is 357. The number of hydrogen-bond donors (Lipinski definition) is 0. The van der Waals surface area contributed by atoms with Crippen LogP contribution in [0.4, 0.5) is 0 Å². The summed E-state index contributed by atoms with van der Waals surface area (Å²) >= 11 is 0. The molecular formula is C17H24O2. The molecule has 2 nitrogen and oxygen atoms in total. The SMILES string of the molecule is C=CCCCCCCCCC(=O)Oc1ccccc1. The zero-order valence-corrected chi connectivity index (χ0v) is 11.6. The lowest BCUT2D eigenvalue weighted by Gasteiger charge is -2.04. The number of unbranched alkanes of at least 4 members (excludes halogenated alkanes) is 6. The Morgan fingerprint density at radius 1 is 1.00 bits per heavy atom. The van der Waals surface area contributed by atoms with E-state index >= 15 is 0 Å². The van der Waals surface area contributed by atoms with E-state index in [4.69, 9.17) is 4.74 Å². The molecule has 0 aliphatic rings. The number of allylic oxidation sites excluding steroid dienone is 1. The molecule has 0 aliphatic heterocycles. The number of ether oxygens (including phenoxy) is 1. The first-order chi connectivity index (χ1) is 9.33. The van der Waals surface area contributed by atoms with Crippen LogP contribution in [0.1, 0.15) is 51.4 Å². The molecule has 0 fully saturated rings. The van der Waals surface area contributed by atoms with Gasteiger partial charge in [-0.3, -0.25) is 4.79 Å². The van der Waals surface area contributed by atoms with E-state index in [0.29, 0.717) is 12.2 Å². The van der Waals surface area contributed by atoms with Crippen LogP contribution in [0.5, 0.6) is 5.75 Å². The van der Waals surface area contributed by atoms with E-state index in [1.807, 2.05) is 24.3 Å². The molecule has 0 atom stereocenters. The molecule has 1 aromatic carbocycles. The molecule has 0 N–H and O–H groups in total. The van der Waals surface area contributed by atoms with Crippen LogP contribution in [0.3, 0.4) is 0 Å².